The average molecular weight is 382 g/mol. The zero-order valence-electron chi connectivity index (χ0n) is 16.0. The van der Waals surface area contributed by atoms with Crippen molar-refractivity contribution in [2.75, 3.05) is 11.9 Å². The maximum absolute atomic E-state index is 12.0. The summed E-state index contributed by atoms with van der Waals surface area (Å²) in [5, 5.41) is 8.03. The lowest BCUT2D eigenvalue weighted by Gasteiger charge is -2.13. The number of carbonyl (C=O) groups is 2. The van der Waals surface area contributed by atoms with Crippen LogP contribution in [0, 0.1) is 6.92 Å². The molecule has 3 amide bonds. The van der Waals surface area contributed by atoms with E-state index in [2.05, 4.69) is 20.9 Å². The summed E-state index contributed by atoms with van der Waals surface area (Å²) in [5.74, 6) is 0.323. The molecule has 1 aliphatic carbocycles. The third kappa shape index (κ3) is 6.26. The number of nitrogens with one attached hydrogen (secondary N) is 3. The van der Waals surface area contributed by atoms with Gasteiger partial charge in [-0.25, -0.2) is 9.78 Å². The molecule has 148 valence electrons. The second-order valence-electron chi connectivity index (χ2n) is 6.98. The molecular weight excluding hydrogens is 356 g/mol. The highest BCUT2D eigenvalue weighted by atomic mass is 16.5. The lowest BCUT2D eigenvalue weighted by molar-refractivity contribution is -0.120. The van der Waals surface area contributed by atoms with Gasteiger partial charge in [0.1, 0.15) is 6.10 Å². The molecule has 1 saturated carbocycles. The van der Waals surface area contributed by atoms with Crippen molar-refractivity contribution in [1.29, 1.82) is 0 Å². The fourth-order valence-corrected chi connectivity index (χ4v) is 3.12. The summed E-state index contributed by atoms with van der Waals surface area (Å²) >= 11 is 0. The Labute approximate surface area is 164 Å². The molecule has 1 aliphatic rings. The Morgan fingerprint density at radius 1 is 1.14 bits per heavy atom. The first kappa shape index (κ1) is 19.7. The molecule has 3 rings (SSSR count). The molecule has 2 aromatic rings. The van der Waals surface area contributed by atoms with Gasteiger partial charge in [-0.05, 0) is 61.9 Å². The Bertz CT molecular complexity index is 819. The van der Waals surface area contributed by atoms with Crippen LogP contribution in [0.15, 0.2) is 42.6 Å². The number of amides is 3. The van der Waals surface area contributed by atoms with Crippen LogP contribution >= 0.6 is 0 Å². The van der Waals surface area contributed by atoms with E-state index < -0.39 is 6.03 Å². The van der Waals surface area contributed by atoms with Crippen LogP contribution < -0.4 is 20.7 Å². The molecular formula is C21H26N4O3. The van der Waals surface area contributed by atoms with E-state index in [1.165, 1.54) is 12.8 Å². The molecule has 0 aliphatic heterocycles. The number of rotatable bonds is 7. The number of anilines is 1. The Hall–Kier alpha value is -3.09. The summed E-state index contributed by atoms with van der Waals surface area (Å²) in [5.41, 5.74) is 2.63. The largest absolute Gasteiger partial charge is 0.474 e. The van der Waals surface area contributed by atoms with E-state index in [4.69, 9.17) is 4.74 Å². The van der Waals surface area contributed by atoms with Crippen LogP contribution in [-0.2, 0) is 11.3 Å². The lowest BCUT2D eigenvalue weighted by atomic mass is 10.2. The molecule has 0 saturated heterocycles. The Morgan fingerprint density at radius 3 is 2.75 bits per heavy atom. The number of carbonyl (C=O) groups excluding carboxylic acids is 2. The van der Waals surface area contributed by atoms with Gasteiger partial charge in [0.05, 0.1) is 6.54 Å². The summed E-state index contributed by atoms with van der Waals surface area (Å²) in [4.78, 5) is 28.1. The van der Waals surface area contributed by atoms with Crippen molar-refractivity contribution in [1.82, 2.24) is 15.6 Å². The highest BCUT2D eigenvalue weighted by molar-refractivity contribution is 5.92. The Balaban J connectivity index is 1.39. The van der Waals surface area contributed by atoms with Gasteiger partial charge in [0.2, 0.25) is 11.8 Å². The fraction of sp³-hybridized carbons (Fsp3) is 0.381. The highest BCUT2D eigenvalue weighted by Gasteiger charge is 2.17. The van der Waals surface area contributed by atoms with Crippen molar-refractivity contribution in [3.05, 3.63) is 53.7 Å². The summed E-state index contributed by atoms with van der Waals surface area (Å²) in [6.07, 6.45) is 6.46. The molecule has 1 aromatic heterocycles. The number of ether oxygens (including phenoxy) is 1. The molecule has 7 heteroatoms. The zero-order valence-corrected chi connectivity index (χ0v) is 16.0. The molecule has 0 radical (unpaired) electrons. The molecule has 28 heavy (non-hydrogen) atoms. The number of benzene rings is 1. The molecule has 0 bridgehead atoms. The fourth-order valence-electron chi connectivity index (χ4n) is 3.12. The Kier molecular flexibility index (Phi) is 6.84. The highest BCUT2D eigenvalue weighted by Crippen LogP contribution is 2.23. The van der Waals surface area contributed by atoms with Crippen molar-refractivity contribution in [2.45, 2.75) is 45.3 Å². The first-order valence-electron chi connectivity index (χ1n) is 9.58. The van der Waals surface area contributed by atoms with Crippen LogP contribution in [-0.4, -0.2) is 29.6 Å². The quantitative estimate of drug-likeness (QED) is 0.686. The molecule has 1 aromatic carbocycles. The van der Waals surface area contributed by atoms with Gasteiger partial charge in [-0.1, -0.05) is 12.1 Å². The smallest absolute Gasteiger partial charge is 0.319 e. The van der Waals surface area contributed by atoms with Gasteiger partial charge in [-0.15, -0.1) is 0 Å². The Morgan fingerprint density at radius 2 is 1.96 bits per heavy atom. The van der Waals surface area contributed by atoms with Gasteiger partial charge < -0.3 is 20.7 Å². The van der Waals surface area contributed by atoms with Gasteiger partial charge in [0, 0.05) is 24.5 Å². The molecule has 0 spiro atoms. The number of pyridine rings is 1. The number of urea groups is 1. The van der Waals surface area contributed by atoms with Crippen LogP contribution in [0.3, 0.4) is 0 Å². The SMILES string of the molecule is Cc1cccc(NC(=O)NCC(=O)NCc2ccnc(OC3CCCC3)c2)c1. The zero-order chi connectivity index (χ0) is 19.8. The molecule has 0 atom stereocenters. The van der Waals surface area contributed by atoms with Crippen LogP contribution in [0.1, 0.15) is 36.8 Å². The molecule has 0 unspecified atom stereocenters. The first-order chi connectivity index (χ1) is 13.6. The van der Waals surface area contributed by atoms with E-state index >= 15 is 0 Å². The third-order valence-electron chi connectivity index (χ3n) is 4.56. The molecule has 3 N–H and O–H groups in total. The van der Waals surface area contributed by atoms with Gasteiger partial charge in [0.25, 0.3) is 0 Å². The van der Waals surface area contributed by atoms with Gasteiger partial charge >= 0.3 is 6.03 Å². The van der Waals surface area contributed by atoms with E-state index in [9.17, 15) is 9.59 Å². The minimum Gasteiger partial charge on any atom is -0.474 e. The van der Waals surface area contributed by atoms with E-state index in [1.807, 2.05) is 37.3 Å². The number of hydrogen-bond donors (Lipinski definition) is 3. The topological polar surface area (TPSA) is 92.4 Å². The second kappa shape index (κ2) is 9.73. The van der Waals surface area contributed by atoms with E-state index in [0.717, 1.165) is 24.0 Å². The van der Waals surface area contributed by atoms with Gasteiger partial charge in [-0.3, -0.25) is 4.79 Å². The van der Waals surface area contributed by atoms with E-state index in [-0.39, 0.29) is 18.6 Å². The van der Waals surface area contributed by atoms with E-state index in [1.54, 1.807) is 12.3 Å². The first-order valence-corrected chi connectivity index (χ1v) is 9.58. The van der Waals surface area contributed by atoms with Gasteiger partial charge in [0.15, 0.2) is 0 Å². The summed E-state index contributed by atoms with van der Waals surface area (Å²) in [6, 6.07) is 10.7. The van der Waals surface area contributed by atoms with Gasteiger partial charge in [-0.2, -0.15) is 0 Å². The number of nitrogens with zero attached hydrogens (tertiary/aromatic N) is 1. The number of aryl methyl sites for hydroxylation is 1. The average Bonchev–Trinajstić information content (AvgIpc) is 3.18. The minimum atomic E-state index is -0.420. The van der Waals surface area contributed by atoms with Crippen LogP contribution in [0.25, 0.3) is 0 Å². The van der Waals surface area contributed by atoms with Crippen molar-refractivity contribution >= 4 is 17.6 Å². The van der Waals surface area contributed by atoms with Crippen LogP contribution in [0.5, 0.6) is 5.88 Å². The monoisotopic (exact) mass is 382 g/mol. The van der Waals surface area contributed by atoms with Crippen LogP contribution in [0.2, 0.25) is 0 Å². The molecule has 1 fully saturated rings. The van der Waals surface area contributed by atoms with Crippen molar-refractivity contribution in [3.8, 4) is 5.88 Å². The van der Waals surface area contributed by atoms with Crippen molar-refractivity contribution in [2.24, 2.45) is 0 Å². The third-order valence-corrected chi connectivity index (χ3v) is 4.56. The maximum atomic E-state index is 12.0. The summed E-state index contributed by atoms with van der Waals surface area (Å²) in [6.45, 7) is 2.19. The number of aromatic nitrogens is 1. The normalized spacial score (nSPS) is 13.8. The van der Waals surface area contributed by atoms with E-state index in [0.29, 0.717) is 18.1 Å². The van der Waals surface area contributed by atoms with Crippen molar-refractivity contribution in [3.63, 3.8) is 0 Å². The minimum absolute atomic E-state index is 0.103. The number of hydrogen-bond acceptors (Lipinski definition) is 4. The maximum Gasteiger partial charge on any atom is 0.319 e. The predicted octanol–water partition coefficient (Wildman–Crippen LogP) is 3.15. The van der Waals surface area contributed by atoms with Crippen LogP contribution in [0.4, 0.5) is 10.5 Å². The molecule has 7 nitrogen and oxygen atoms in total. The standard InChI is InChI=1S/C21H26N4O3/c1-15-5-4-6-17(11-15)25-21(27)24-14-19(26)23-13-16-9-10-22-20(12-16)28-18-7-2-3-8-18/h4-6,9-12,18H,2-3,7-8,13-14H2,1H3,(H,23,26)(H2,24,25,27). The summed E-state index contributed by atoms with van der Waals surface area (Å²) in [7, 11) is 0. The van der Waals surface area contributed by atoms with Crippen molar-refractivity contribution < 1.29 is 14.3 Å². The second-order valence-corrected chi connectivity index (χ2v) is 6.98. The predicted molar refractivity (Wildman–Crippen MR) is 107 cm³/mol. The summed E-state index contributed by atoms with van der Waals surface area (Å²) < 4.78 is 5.88. The lowest BCUT2D eigenvalue weighted by Crippen LogP contribution is -2.38. The molecule has 1 heterocycles.